The Balaban J connectivity index is 2.84. The Bertz CT molecular complexity index is 398. The molecular weight excluding hydrogens is 146 g/mol. The van der Waals surface area contributed by atoms with E-state index in [0.717, 1.165) is 6.42 Å². The second-order valence-electron chi connectivity index (χ2n) is 3.14. The van der Waals surface area contributed by atoms with Crippen LogP contribution in [0.15, 0.2) is 30.5 Å². The van der Waals surface area contributed by atoms with E-state index in [9.17, 15) is 0 Å². The van der Waals surface area contributed by atoms with Gasteiger partial charge in [0, 0.05) is 13.2 Å². The minimum absolute atomic E-state index is 1.11. The van der Waals surface area contributed by atoms with Gasteiger partial charge >= 0.3 is 0 Å². The van der Waals surface area contributed by atoms with Crippen molar-refractivity contribution in [3.63, 3.8) is 0 Å². The number of benzene rings is 1. The van der Waals surface area contributed by atoms with Gasteiger partial charge in [-0.2, -0.15) is 0 Å². The maximum atomic E-state index is 2.20. The lowest BCUT2D eigenvalue weighted by Gasteiger charge is -2.02. The van der Waals surface area contributed by atoms with Gasteiger partial charge in [0.25, 0.3) is 0 Å². The van der Waals surface area contributed by atoms with Crippen molar-refractivity contribution in [2.45, 2.75) is 13.3 Å². The Labute approximate surface area is 72.6 Å². The minimum Gasteiger partial charge on any atom is -0.350 e. The predicted molar refractivity (Wildman–Crippen MR) is 52.3 cm³/mol. The number of aromatic nitrogens is 1. The summed E-state index contributed by atoms with van der Waals surface area (Å²) in [5.41, 5.74) is 2.81. The summed E-state index contributed by atoms with van der Waals surface area (Å²) in [5.74, 6) is 0. The normalized spacial score (nSPS) is 10.8. The lowest BCUT2D eigenvalue weighted by Crippen LogP contribution is -1.89. The fourth-order valence-corrected chi connectivity index (χ4v) is 1.73. The van der Waals surface area contributed by atoms with Gasteiger partial charge in [-0.1, -0.05) is 25.1 Å². The lowest BCUT2D eigenvalue weighted by molar-refractivity contribution is 0.955. The molecule has 2 rings (SSSR count). The van der Waals surface area contributed by atoms with Crippen LogP contribution < -0.4 is 0 Å². The van der Waals surface area contributed by atoms with Crippen LogP contribution in [0.3, 0.4) is 0 Å². The number of aryl methyl sites for hydroxylation is 2. The average molecular weight is 159 g/mol. The Kier molecular flexibility index (Phi) is 1.65. The van der Waals surface area contributed by atoms with Gasteiger partial charge in [-0.15, -0.1) is 0 Å². The summed E-state index contributed by atoms with van der Waals surface area (Å²) < 4.78 is 2.19. The summed E-state index contributed by atoms with van der Waals surface area (Å²) in [6.45, 7) is 2.20. The van der Waals surface area contributed by atoms with Crippen LogP contribution in [0, 0.1) is 0 Å². The molecule has 0 spiro atoms. The zero-order valence-electron chi connectivity index (χ0n) is 7.54. The number of fused-ring (bicyclic) bond motifs is 1. The highest BCUT2D eigenvalue weighted by Gasteiger charge is 2.00. The summed E-state index contributed by atoms with van der Waals surface area (Å²) >= 11 is 0. The molecule has 1 aromatic heterocycles. The molecule has 0 aliphatic carbocycles. The maximum absolute atomic E-state index is 2.20. The first-order valence-electron chi connectivity index (χ1n) is 4.36. The molecule has 0 amide bonds. The van der Waals surface area contributed by atoms with Gasteiger partial charge in [-0.25, -0.2) is 0 Å². The fourth-order valence-electron chi connectivity index (χ4n) is 1.73. The predicted octanol–water partition coefficient (Wildman–Crippen LogP) is 2.74. The maximum Gasteiger partial charge on any atom is 0.0510 e. The molecule has 0 atom stereocenters. The second kappa shape index (κ2) is 2.67. The molecule has 1 aromatic carbocycles. The highest BCUT2D eigenvalue weighted by atomic mass is 14.9. The first kappa shape index (κ1) is 7.41. The van der Waals surface area contributed by atoms with Crippen molar-refractivity contribution in [3.05, 3.63) is 36.0 Å². The monoisotopic (exact) mass is 159 g/mol. The largest absolute Gasteiger partial charge is 0.350 e. The molecule has 12 heavy (non-hydrogen) atoms. The summed E-state index contributed by atoms with van der Waals surface area (Å²) in [6.07, 6.45) is 3.22. The number of hydrogen-bond acceptors (Lipinski definition) is 0. The molecule has 0 radical (unpaired) electrons. The second-order valence-corrected chi connectivity index (χ2v) is 3.14. The van der Waals surface area contributed by atoms with Crippen molar-refractivity contribution in [1.29, 1.82) is 0 Å². The number of nitrogens with zero attached hydrogens (tertiary/aromatic N) is 1. The van der Waals surface area contributed by atoms with Crippen molar-refractivity contribution < 1.29 is 0 Å². The summed E-state index contributed by atoms with van der Waals surface area (Å²) in [4.78, 5) is 0. The fraction of sp³-hybridized carbons (Fsp3) is 0.273. The SMILES string of the molecule is CCc1cccc2ccn(C)c12. The van der Waals surface area contributed by atoms with E-state index in [0.29, 0.717) is 0 Å². The van der Waals surface area contributed by atoms with Gasteiger partial charge in [0.05, 0.1) is 5.52 Å². The molecule has 1 heterocycles. The van der Waals surface area contributed by atoms with Crippen molar-refractivity contribution in [3.8, 4) is 0 Å². The molecule has 0 saturated heterocycles. The van der Waals surface area contributed by atoms with Crippen LogP contribution in [-0.2, 0) is 13.5 Å². The number of hydrogen-bond donors (Lipinski definition) is 0. The van der Waals surface area contributed by atoms with Crippen LogP contribution >= 0.6 is 0 Å². The van der Waals surface area contributed by atoms with Crippen LogP contribution in [0.2, 0.25) is 0 Å². The van der Waals surface area contributed by atoms with Crippen molar-refractivity contribution in [2.24, 2.45) is 7.05 Å². The van der Waals surface area contributed by atoms with Crippen molar-refractivity contribution in [1.82, 2.24) is 4.57 Å². The first-order chi connectivity index (χ1) is 5.83. The molecule has 2 aromatic rings. The van der Waals surface area contributed by atoms with Gasteiger partial charge in [0.2, 0.25) is 0 Å². The van der Waals surface area contributed by atoms with Crippen LogP contribution in [-0.4, -0.2) is 4.57 Å². The third kappa shape index (κ3) is 0.934. The molecule has 0 fully saturated rings. The van der Waals surface area contributed by atoms with Gasteiger partial charge in [-0.05, 0) is 23.4 Å². The highest BCUT2D eigenvalue weighted by Crippen LogP contribution is 2.19. The summed E-state index contributed by atoms with van der Waals surface area (Å²) in [5, 5.41) is 1.34. The van der Waals surface area contributed by atoms with E-state index in [1.54, 1.807) is 0 Å². The highest BCUT2D eigenvalue weighted by molar-refractivity contribution is 5.83. The quantitative estimate of drug-likeness (QED) is 0.603. The molecular formula is C11H13N. The molecule has 0 unspecified atom stereocenters. The van der Waals surface area contributed by atoms with Crippen LogP contribution in [0.25, 0.3) is 10.9 Å². The van der Waals surface area contributed by atoms with E-state index in [1.807, 2.05) is 0 Å². The van der Waals surface area contributed by atoms with E-state index in [4.69, 9.17) is 0 Å². The van der Waals surface area contributed by atoms with Crippen molar-refractivity contribution in [2.75, 3.05) is 0 Å². The third-order valence-electron chi connectivity index (χ3n) is 2.36. The van der Waals surface area contributed by atoms with Crippen LogP contribution in [0.1, 0.15) is 12.5 Å². The third-order valence-corrected chi connectivity index (χ3v) is 2.36. The van der Waals surface area contributed by atoms with Crippen molar-refractivity contribution >= 4 is 10.9 Å². The smallest absolute Gasteiger partial charge is 0.0510 e. The first-order valence-corrected chi connectivity index (χ1v) is 4.36. The average Bonchev–Trinajstić information content (AvgIpc) is 2.48. The molecule has 0 N–H and O–H groups in total. The molecule has 0 saturated carbocycles. The molecule has 0 aliphatic rings. The Morgan fingerprint density at radius 3 is 2.83 bits per heavy atom. The van der Waals surface area contributed by atoms with E-state index >= 15 is 0 Å². The summed E-state index contributed by atoms with van der Waals surface area (Å²) in [6, 6.07) is 8.65. The van der Waals surface area contributed by atoms with E-state index in [-0.39, 0.29) is 0 Å². The van der Waals surface area contributed by atoms with Gasteiger partial charge in [0.15, 0.2) is 0 Å². The van der Waals surface area contributed by atoms with Gasteiger partial charge < -0.3 is 4.57 Å². The topological polar surface area (TPSA) is 4.93 Å². The molecule has 0 aliphatic heterocycles. The van der Waals surface area contributed by atoms with E-state index in [2.05, 4.69) is 49.0 Å². The zero-order valence-corrected chi connectivity index (χ0v) is 7.54. The van der Waals surface area contributed by atoms with Gasteiger partial charge in [0.1, 0.15) is 0 Å². The Hall–Kier alpha value is -1.24. The molecule has 1 nitrogen and oxygen atoms in total. The van der Waals surface area contributed by atoms with E-state index in [1.165, 1.54) is 16.5 Å². The lowest BCUT2D eigenvalue weighted by atomic mass is 10.1. The minimum atomic E-state index is 1.11. The molecule has 62 valence electrons. The summed E-state index contributed by atoms with van der Waals surface area (Å²) in [7, 11) is 2.10. The Morgan fingerprint density at radius 2 is 2.08 bits per heavy atom. The molecule has 0 bridgehead atoms. The molecule has 1 heteroatoms. The standard InChI is InChI=1S/C11H13N/c1-3-9-5-4-6-10-7-8-12(2)11(9)10/h4-8H,3H2,1-2H3. The van der Waals surface area contributed by atoms with Gasteiger partial charge in [-0.3, -0.25) is 0 Å². The van der Waals surface area contributed by atoms with E-state index < -0.39 is 0 Å². The van der Waals surface area contributed by atoms with Crippen LogP contribution in [0.5, 0.6) is 0 Å². The number of para-hydroxylation sites is 1. The Morgan fingerprint density at radius 1 is 1.25 bits per heavy atom. The zero-order chi connectivity index (χ0) is 8.55. The van der Waals surface area contributed by atoms with Crippen LogP contribution in [0.4, 0.5) is 0 Å². The number of rotatable bonds is 1.